The Morgan fingerprint density at radius 1 is 1.04 bits per heavy atom. The van der Waals surface area contributed by atoms with Crippen LogP contribution in [0.5, 0.6) is 0 Å². The summed E-state index contributed by atoms with van der Waals surface area (Å²) >= 11 is 0. The quantitative estimate of drug-likeness (QED) is 0.825. The first-order chi connectivity index (χ1) is 11.4. The van der Waals surface area contributed by atoms with E-state index in [0.29, 0.717) is 24.9 Å². The standard InChI is InChI=1S/C17H28N4O2S/c1-14-7-8-21(13-15(14)2)24(22,23)17-6-4-5-16(18-17)20-11-9-19(3)10-12-20/h4-6,14-15H,7-13H2,1-3H3/t14-,15+/m0/s1. The fourth-order valence-corrected chi connectivity index (χ4v) is 4.84. The van der Waals surface area contributed by atoms with Crippen LogP contribution in [0.3, 0.4) is 0 Å². The van der Waals surface area contributed by atoms with Gasteiger partial charge in [0, 0.05) is 39.3 Å². The van der Waals surface area contributed by atoms with E-state index < -0.39 is 10.0 Å². The van der Waals surface area contributed by atoms with Crippen LogP contribution in [0.4, 0.5) is 5.82 Å². The predicted octanol–water partition coefficient (Wildman–Crippen LogP) is 1.50. The zero-order chi connectivity index (χ0) is 17.3. The number of hydrogen-bond donors (Lipinski definition) is 0. The van der Waals surface area contributed by atoms with Gasteiger partial charge >= 0.3 is 0 Å². The van der Waals surface area contributed by atoms with Crippen molar-refractivity contribution in [3.8, 4) is 0 Å². The van der Waals surface area contributed by atoms with Gasteiger partial charge in [0.05, 0.1) is 0 Å². The van der Waals surface area contributed by atoms with E-state index in [1.165, 1.54) is 0 Å². The highest BCUT2D eigenvalue weighted by Crippen LogP contribution is 2.27. The highest BCUT2D eigenvalue weighted by molar-refractivity contribution is 7.89. The molecule has 2 atom stereocenters. The van der Waals surface area contributed by atoms with E-state index in [-0.39, 0.29) is 5.03 Å². The van der Waals surface area contributed by atoms with E-state index >= 15 is 0 Å². The minimum atomic E-state index is -3.51. The second kappa shape index (κ2) is 6.98. The largest absolute Gasteiger partial charge is 0.354 e. The van der Waals surface area contributed by atoms with Gasteiger partial charge in [-0.15, -0.1) is 0 Å². The Balaban J connectivity index is 1.80. The van der Waals surface area contributed by atoms with E-state index in [9.17, 15) is 8.42 Å². The monoisotopic (exact) mass is 352 g/mol. The molecule has 0 aromatic carbocycles. The van der Waals surface area contributed by atoms with Crippen LogP contribution < -0.4 is 4.90 Å². The molecular formula is C17H28N4O2S. The summed E-state index contributed by atoms with van der Waals surface area (Å²) in [4.78, 5) is 8.93. The first-order valence-electron chi connectivity index (χ1n) is 8.78. The summed E-state index contributed by atoms with van der Waals surface area (Å²) in [6.07, 6.45) is 0.915. The second-order valence-electron chi connectivity index (χ2n) is 7.23. The summed E-state index contributed by atoms with van der Waals surface area (Å²) < 4.78 is 27.5. The Hall–Kier alpha value is -1.18. The number of sulfonamides is 1. The molecule has 0 amide bonds. The van der Waals surface area contributed by atoms with Crippen LogP contribution in [-0.4, -0.2) is 68.9 Å². The molecule has 6 nitrogen and oxygen atoms in total. The number of anilines is 1. The Bertz CT molecular complexity index is 671. The van der Waals surface area contributed by atoms with E-state index in [0.717, 1.165) is 38.4 Å². The molecule has 1 aromatic heterocycles. The number of aromatic nitrogens is 1. The third-order valence-corrected chi connectivity index (χ3v) is 7.20. The van der Waals surface area contributed by atoms with Crippen LogP contribution in [0, 0.1) is 11.8 Å². The Kier molecular flexibility index (Phi) is 5.13. The molecule has 134 valence electrons. The lowest BCUT2D eigenvalue weighted by Crippen LogP contribution is -2.45. The number of nitrogens with zero attached hydrogens (tertiary/aromatic N) is 4. The van der Waals surface area contributed by atoms with Crippen LogP contribution in [-0.2, 0) is 10.0 Å². The zero-order valence-electron chi connectivity index (χ0n) is 14.9. The van der Waals surface area contributed by atoms with Gasteiger partial charge in [0.25, 0.3) is 10.0 Å². The fraction of sp³-hybridized carbons (Fsp3) is 0.706. The van der Waals surface area contributed by atoms with Crippen molar-refractivity contribution in [3.05, 3.63) is 18.2 Å². The Labute approximate surface area is 145 Å². The van der Waals surface area contributed by atoms with Crippen LogP contribution in [0.25, 0.3) is 0 Å². The number of piperidine rings is 1. The van der Waals surface area contributed by atoms with Crippen LogP contribution >= 0.6 is 0 Å². The summed E-state index contributed by atoms with van der Waals surface area (Å²) in [5.41, 5.74) is 0. The summed E-state index contributed by atoms with van der Waals surface area (Å²) in [6, 6.07) is 5.34. The topological polar surface area (TPSA) is 56.8 Å². The van der Waals surface area contributed by atoms with Crippen LogP contribution in [0.2, 0.25) is 0 Å². The molecule has 7 heteroatoms. The van der Waals surface area contributed by atoms with Crippen molar-refractivity contribution in [1.29, 1.82) is 0 Å². The molecule has 2 aliphatic rings. The van der Waals surface area contributed by atoms with E-state index in [1.54, 1.807) is 10.4 Å². The van der Waals surface area contributed by atoms with E-state index in [4.69, 9.17) is 0 Å². The molecule has 3 heterocycles. The summed E-state index contributed by atoms with van der Waals surface area (Å²) in [5, 5.41) is 0.181. The minimum absolute atomic E-state index is 0.181. The highest BCUT2D eigenvalue weighted by Gasteiger charge is 2.32. The number of rotatable bonds is 3. The maximum Gasteiger partial charge on any atom is 0.260 e. The lowest BCUT2D eigenvalue weighted by Gasteiger charge is -2.35. The third kappa shape index (κ3) is 3.58. The van der Waals surface area contributed by atoms with Gasteiger partial charge in [-0.1, -0.05) is 19.9 Å². The Morgan fingerprint density at radius 2 is 1.75 bits per heavy atom. The maximum atomic E-state index is 13.0. The average Bonchev–Trinajstić information content (AvgIpc) is 2.58. The third-order valence-electron chi connectivity index (χ3n) is 5.44. The van der Waals surface area contributed by atoms with Crippen molar-refractivity contribution in [3.63, 3.8) is 0 Å². The SMILES string of the molecule is C[C@@H]1CN(S(=O)(=O)c2cccc(N3CCN(C)CC3)n2)CC[C@@H]1C. The first kappa shape index (κ1) is 17.6. The maximum absolute atomic E-state index is 13.0. The molecule has 1 aromatic rings. The molecule has 0 unspecified atom stereocenters. The molecule has 0 bridgehead atoms. The number of hydrogen-bond acceptors (Lipinski definition) is 5. The zero-order valence-corrected chi connectivity index (χ0v) is 15.7. The van der Waals surface area contributed by atoms with E-state index in [2.05, 4.69) is 35.7 Å². The van der Waals surface area contributed by atoms with Crippen molar-refractivity contribution in [2.45, 2.75) is 25.3 Å². The average molecular weight is 353 g/mol. The van der Waals surface area contributed by atoms with Crippen molar-refractivity contribution >= 4 is 15.8 Å². The highest BCUT2D eigenvalue weighted by atomic mass is 32.2. The number of piperazine rings is 1. The van der Waals surface area contributed by atoms with Crippen LogP contribution in [0.15, 0.2) is 23.2 Å². The van der Waals surface area contributed by atoms with Gasteiger partial charge in [-0.2, -0.15) is 4.31 Å². The molecule has 24 heavy (non-hydrogen) atoms. The summed E-state index contributed by atoms with van der Waals surface area (Å²) in [5.74, 6) is 1.72. The van der Waals surface area contributed by atoms with Crippen molar-refractivity contribution in [1.82, 2.24) is 14.2 Å². The summed E-state index contributed by atoms with van der Waals surface area (Å²) in [6.45, 7) is 9.20. The Morgan fingerprint density at radius 3 is 2.42 bits per heavy atom. The lowest BCUT2D eigenvalue weighted by atomic mass is 9.90. The van der Waals surface area contributed by atoms with Gasteiger partial charge in [-0.25, -0.2) is 13.4 Å². The first-order valence-corrected chi connectivity index (χ1v) is 10.2. The lowest BCUT2D eigenvalue weighted by molar-refractivity contribution is 0.212. The minimum Gasteiger partial charge on any atom is -0.354 e. The molecule has 0 aliphatic carbocycles. The van der Waals surface area contributed by atoms with Gasteiger partial charge in [-0.05, 0) is 37.4 Å². The molecular weight excluding hydrogens is 324 g/mol. The van der Waals surface area contributed by atoms with Gasteiger partial charge in [0.1, 0.15) is 5.82 Å². The van der Waals surface area contributed by atoms with Crippen molar-refractivity contribution in [2.75, 3.05) is 51.2 Å². The second-order valence-corrected chi connectivity index (χ2v) is 9.12. The van der Waals surface area contributed by atoms with Crippen LogP contribution in [0.1, 0.15) is 20.3 Å². The van der Waals surface area contributed by atoms with Crippen molar-refractivity contribution in [2.24, 2.45) is 11.8 Å². The molecule has 0 N–H and O–H groups in total. The molecule has 0 radical (unpaired) electrons. The molecule has 2 fully saturated rings. The number of likely N-dealkylation sites (N-methyl/N-ethyl adjacent to an activating group) is 1. The molecule has 0 spiro atoms. The van der Waals surface area contributed by atoms with Gasteiger partial charge in [0.2, 0.25) is 0 Å². The molecule has 2 aliphatic heterocycles. The van der Waals surface area contributed by atoms with Gasteiger partial charge in [0.15, 0.2) is 5.03 Å². The van der Waals surface area contributed by atoms with Crippen molar-refractivity contribution < 1.29 is 8.42 Å². The summed E-state index contributed by atoms with van der Waals surface area (Å²) in [7, 11) is -1.40. The van der Waals surface area contributed by atoms with E-state index in [1.807, 2.05) is 12.1 Å². The number of pyridine rings is 1. The normalized spacial score (nSPS) is 27.4. The fourth-order valence-electron chi connectivity index (χ4n) is 3.33. The predicted molar refractivity (Wildman–Crippen MR) is 95.7 cm³/mol. The molecule has 3 rings (SSSR count). The van der Waals surface area contributed by atoms with Gasteiger partial charge in [-0.3, -0.25) is 0 Å². The molecule has 0 saturated carbocycles. The smallest absolute Gasteiger partial charge is 0.260 e. The molecule has 2 saturated heterocycles. The van der Waals surface area contributed by atoms with Gasteiger partial charge < -0.3 is 9.80 Å².